The first-order chi connectivity index (χ1) is 10.3. The third-order valence-electron chi connectivity index (χ3n) is 3.33. The van der Waals surface area contributed by atoms with Gasteiger partial charge in [0.15, 0.2) is 0 Å². The van der Waals surface area contributed by atoms with Crippen molar-refractivity contribution in [3.8, 4) is 0 Å². The van der Waals surface area contributed by atoms with Crippen LogP contribution in [0.1, 0.15) is 21.5 Å². The summed E-state index contributed by atoms with van der Waals surface area (Å²) in [5, 5.41) is 12.1. The molecule has 0 radical (unpaired) electrons. The standard InChI is InChI=1S/C15H7F4NO2/c16-11-4-2-1-3-9(11)13-14(21)10-7-8(15(17,18)19)5-6-12(10)20(13)22/h1-7H. The average Bonchev–Trinajstić information content (AvgIpc) is 2.71. The van der Waals surface area contributed by atoms with Crippen LogP contribution in [0.25, 0.3) is 0 Å². The van der Waals surface area contributed by atoms with Gasteiger partial charge in [-0.1, -0.05) is 12.1 Å². The summed E-state index contributed by atoms with van der Waals surface area (Å²) < 4.78 is 52.0. The van der Waals surface area contributed by atoms with Gasteiger partial charge in [0.2, 0.25) is 5.69 Å². The second-order valence-corrected chi connectivity index (χ2v) is 4.68. The number of carbonyl (C=O) groups excluding carboxylic acids is 1. The normalized spacial score (nSPS) is 14.5. The second kappa shape index (κ2) is 4.66. The van der Waals surface area contributed by atoms with Crippen molar-refractivity contribution < 1.29 is 27.1 Å². The van der Waals surface area contributed by atoms with Gasteiger partial charge in [-0.05, 0) is 24.3 Å². The molecule has 2 aromatic carbocycles. The average molecular weight is 309 g/mol. The molecule has 1 heterocycles. The molecule has 0 atom stereocenters. The monoisotopic (exact) mass is 309 g/mol. The Bertz CT molecular complexity index is 825. The molecule has 0 amide bonds. The number of hydrogen-bond acceptors (Lipinski definition) is 2. The van der Waals surface area contributed by atoms with Gasteiger partial charge in [0.05, 0.1) is 11.1 Å². The van der Waals surface area contributed by atoms with Crippen LogP contribution in [0, 0.1) is 11.0 Å². The molecule has 0 spiro atoms. The molecular weight excluding hydrogens is 302 g/mol. The summed E-state index contributed by atoms with van der Waals surface area (Å²) in [6, 6.07) is 7.33. The van der Waals surface area contributed by atoms with Gasteiger partial charge in [-0.3, -0.25) is 4.79 Å². The van der Waals surface area contributed by atoms with Crippen LogP contribution >= 0.6 is 0 Å². The molecule has 3 rings (SSSR count). The molecule has 0 bridgehead atoms. The molecular formula is C15H7F4NO2. The van der Waals surface area contributed by atoms with E-state index in [-0.39, 0.29) is 21.6 Å². The van der Waals surface area contributed by atoms with E-state index in [9.17, 15) is 27.6 Å². The maximum Gasteiger partial charge on any atom is 0.416 e. The minimum Gasteiger partial charge on any atom is -0.618 e. The minimum absolute atomic E-state index is 0.163. The number of Topliss-reactive ketones (excluding diaryl/α,β-unsaturated/α-hetero) is 1. The predicted octanol–water partition coefficient (Wildman–Crippen LogP) is 3.67. The maximum absolute atomic E-state index is 13.8. The number of carbonyl (C=O) groups is 1. The highest BCUT2D eigenvalue weighted by atomic mass is 19.4. The van der Waals surface area contributed by atoms with Crippen molar-refractivity contribution in [3.05, 3.63) is 70.2 Å². The minimum atomic E-state index is -4.64. The van der Waals surface area contributed by atoms with Gasteiger partial charge in [0.25, 0.3) is 11.5 Å². The van der Waals surface area contributed by atoms with Gasteiger partial charge in [0, 0.05) is 6.07 Å². The second-order valence-electron chi connectivity index (χ2n) is 4.68. The number of benzene rings is 2. The van der Waals surface area contributed by atoms with E-state index in [1.165, 1.54) is 18.2 Å². The van der Waals surface area contributed by atoms with E-state index in [4.69, 9.17) is 0 Å². The Hall–Kier alpha value is -2.70. The lowest BCUT2D eigenvalue weighted by atomic mass is 10.0. The van der Waals surface area contributed by atoms with Crippen molar-refractivity contribution in [3.63, 3.8) is 0 Å². The van der Waals surface area contributed by atoms with Gasteiger partial charge < -0.3 is 5.21 Å². The molecule has 1 aliphatic heterocycles. The summed E-state index contributed by atoms with van der Waals surface area (Å²) in [4.78, 5) is 12.2. The molecule has 0 saturated heterocycles. The largest absolute Gasteiger partial charge is 0.618 e. The van der Waals surface area contributed by atoms with Crippen LogP contribution in [-0.4, -0.2) is 16.2 Å². The quantitative estimate of drug-likeness (QED) is 0.458. The van der Waals surface area contributed by atoms with Crippen LogP contribution in [0.4, 0.5) is 23.2 Å². The van der Waals surface area contributed by atoms with E-state index in [1.54, 1.807) is 0 Å². The fraction of sp³-hybridized carbons (Fsp3) is 0.0667. The third-order valence-corrected chi connectivity index (χ3v) is 3.33. The Morgan fingerprint density at radius 3 is 2.32 bits per heavy atom. The smallest absolute Gasteiger partial charge is 0.416 e. The van der Waals surface area contributed by atoms with Crippen LogP contribution in [0.5, 0.6) is 0 Å². The van der Waals surface area contributed by atoms with Crippen molar-refractivity contribution in [2.45, 2.75) is 6.18 Å². The lowest BCUT2D eigenvalue weighted by molar-refractivity contribution is -0.355. The van der Waals surface area contributed by atoms with Gasteiger partial charge in [-0.15, -0.1) is 0 Å². The van der Waals surface area contributed by atoms with E-state index in [1.807, 2.05) is 0 Å². The Morgan fingerprint density at radius 2 is 1.68 bits per heavy atom. The molecule has 2 aromatic rings. The van der Waals surface area contributed by atoms with Gasteiger partial charge in [0.1, 0.15) is 11.4 Å². The van der Waals surface area contributed by atoms with Crippen molar-refractivity contribution in [1.29, 1.82) is 0 Å². The summed E-state index contributed by atoms with van der Waals surface area (Å²) in [6.07, 6.45) is -4.64. The van der Waals surface area contributed by atoms with Crippen LogP contribution in [0.2, 0.25) is 0 Å². The first kappa shape index (κ1) is 14.2. The molecule has 0 aliphatic carbocycles. The highest BCUT2D eigenvalue weighted by molar-refractivity contribution is 6.52. The van der Waals surface area contributed by atoms with Gasteiger partial charge in [-0.25, -0.2) is 4.39 Å². The highest BCUT2D eigenvalue weighted by Gasteiger charge is 2.40. The zero-order valence-electron chi connectivity index (χ0n) is 10.8. The van der Waals surface area contributed by atoms with Crippen molar-refractivity contribution in [2.75, 3.05) is 0 Å². The van der Waals surface area contributed by atoms with E-state index in [0.29, 0.717) is 12.1 Å². The lowest BCUT2D eigenvalue weighted by Crippen LogP contribution is -2.18. The Kier molecular flexibility index (Phi) is 3.01. The molecule has 22 heavy (non-hydrogen) atoms. The Morgan fingerprint density at radius 1 is 1.00 bits per heavy atom. The van der Waals surface area contributed by atoms with Gasteiger partial charge >= 0.3 is 6.18 Å². The number of rotatable bonds is 1. The number of hydrogen-bond donors (Lipinski definition) is 0. The van der Waals surface area contributed by atoms with E-state index < -0.39 is 29.1 Å². The van der Waals surface area contributed by atoms with Crippen LogP contribution < -0.4 is 0 Å². The SMILES string of the molecule is O=C1C(c2ccccc2F)=[N+]([O-])c2ccc(C(F)(F)F)cc21. The highest BCUT2D eigenvalue weighted by Crippen LogP contribution is 2.35. The first-order valence-electron chi connectivity index (χ1n) is 6.16. The summed E-state index contributed by atoms with van der Waals surface area (Å²) in [5.41, 5.74) is -2.42. The molecule has 112 valence electrons. The number of alkyl halides is 3. The maximum atomic E-state index is 13.8. The zero-order valence-corrected chi connectivity index (χ0v) is 10.8. The summed E-state index contributed by atoms with van der Waals surface area (Å²) >= 11 is 0. The topological polar surface area (TPSA) is 43.1 Å². The number of fused-ring (bicyclic) bond motifs is 1. The molecule has 0 saturated carbocycles. The molecule has 0 fully saturated rings. The van der Waals surface area contributed by atoms with Crippen LogP contribution in [0.3, 0.4) is 0 Å². The number of nitrogens with zero attached hydrogens (tertiary/aromatic N) is 1. The fourth-order valence-electron chi connectivity index (χ4n) is 2.30. The molecule has 0 unspecified atom stereocenters. The molecule has 0 aromatic heterocycles. The van der Waals surface area contributed by atoms with E-state index >= 15 is 0 Å². The molecule has 1 aliphatic rings. The van der Waals surface area contributed by atoms with Crippen molar-refractivity contribution in [1.82, 2.24) is 0 Å². The third kappa shape index (κ3) is 2.05. The Labute approximate surface area is 121 Å². The summed E-state index contributed by atoms with van der Waals surface area (Å²) in [7, 11) is 0. The lowest BCUT2D eigenvalue weighted by Gasteiger charge is -2.06. The van der Waals surface area contributed by atoms with Crippen molar-refractivity contribution in [2.24, 2.45) is 0 Å². The first-order valence-corrected chi connectivity index (χ1v) is 6.16. The molecule has 7 heteroatoms. The van der Waals surface area contributed by atoms with Crippen molar-refractivity contribution >= 4 is 17.2 Å². The van der Waals surface area contributed by atoms with E-state index in [2.05, 4.69) is 0 Å². The van der Waals surface area contributed by atoms with E-state index in [0.717, 1.165) is 12.1 Å². The molecule has 0 N–H and O–H groups in total. The number of halogens is 4. The zero-order chi connectivity index (χ0) is 16.1. The summed E-state index contributed by atoms with van der Waals surface area (Å²) in [6.45, 7) is 0. The summed E-state index contributed by atoms with van der Waals surface area (Å²) in [5.74, 6) is -1.73. The van der Waals surface area contributed by atoms with Crippen LogP contribution in [0.15, 0.2) is 42.5 Å². The van der Waals surface area contributed by atoms with Gasteiger partial charge in [-0.2, -0.15) is 17.9 Å². The Balaban J connectivity index is 2.16. The van der Waals surface area contributed by atoms with Crippen LogP contribution in [-0.2, 0) is 6.18 Å². The molecule has 3 nitrogen and oxygen atoms in total. The predicted molar refractivity (Wildman–Crippen MR) is 69.6 cm³/mol. The number of ketones is 1. The fourth-order valence-corrected chi connectivity index (χ4v) is 2.30.